The Morgan fingerprint density at radius 1 is 1.75 bits per heavy atom. The highest BCUT2D eigenvalue weighted by Gasteiger charge is 1.99. The molecular weight excluding hydrogens is 102 g/mol. The summed E-state index contributed by atoms with van der Waals surface area (Å²) in [7, 11) is 0. The van der Waals surface area contributed by atoms with Gasteiger partial charge in [-0.2, -0.15) is 0 Å². The number of rotatable bonds is 1. The van der Waals surface area contributed by atoms with Crippen LogP contribution in [-0.4, -0.2) is 4.98 Å². The summed E-state index contributed by atoms with van der Waals surface area (Å²) in [5, 5.41) is 0. The van der Waals surface area contributed by atoms with E-state index in [9.17, 15) is 0 Å². The van der Waals surface area contributed by atoms with E-state index in [2.05, 4.69) is 15.7 Å². The second-order valence-electron chi connectivity index (χ2n) is 1.99. The molecular formula is C6H8NO. The summed E-state index contributed by atoms with van der Waals surface area (Å²) < 4.78 is 4.64. The van der Waals surface area contributed by atoms with E-state index in [0.717, 1.165) is 5.69 Å². The Morgan fingerprint density at radius 3 is 2.75 bits per heavy atom. The van der Waals surface area contributed by atoms with Crippen molar-refractivity contribution in [2.75, 3.05) is 0 Å². The average Bonchev–Trinajstić information content (AvgIpc) is 2.12. The maximum atomic E-state index is 4.64. The molecule has 0 aliphatic rings. The minimum Gasteiger partial charge on any atom is -0.440 e. The van der Waals surface area contributed by atoms with Gasteiger partial charge in [0.25, 0.3) is 0 Å². The van der Waals surface area contributed by atoms with Crippen LogP contribution >= 0.6 is 0 Å². The van der Waals surface area contributed by atoms with Crippen LogP contribution in [-0.2, 0) is 0 Å². The van der Waals surface area contributed by atoms with Gasteiger partial charge >= 0.3 is 0 Å². The molecule has 0 saturated carbocycles. The van der Waals surface area contributed by atoms with Gasteiger partial charge in [-0.25, -0.2) is 4.98 Å². The summed E-state index contributed by atoms with van der Waals surface area (Å²) in [4.78, 5) is 3.89. The molecule has 1 aromatic rings. The van der Waals surface area contributed by atoms with Crippen molar-refractivity contribution in [3.05, 3.63) is 18.4 Å². The number of hydrogen-bond acceptors (Lipinski definition) is 2. The molecule has 1 rings (SSSR count). The average molecular weight is 110 g/mol. The topological polar surface area (TPSA) is 26.0 Å². The molecule has 0 aromatic carbocycles. The number of oxazole rings is 1. The minimum atomic E-state index is 0.425. The summed E-state index contributed by atoms with van der Waals surface area (Å²) in [5.74, 6) is 0.425. The first-order valence-corrected chi connectivity index (χ1v) is 2.62. The normalized spacial score (nSPS) is 10.4. The Morgan fingerprint density at radius 2 is 2.50 bits per heavy atom. The number of nitrogens with zero attached hydrogens (tertiary/aromatic N) is 1. The second-order valence-corrected chi connectivity index (χ2v) is 1.99. The third kappa shape index (κ3) is 0.886. The molecule has 8 heavy (non-hydrogen) atoms. The van der Waals surface area contributed by atoms with Crippen molar-refractivity contribution < 1.29 is 4.42 Å². The summed E-state index contributed by atoms with van der Waals surface area (Å²) >= 11 is 0. The van der Waals surface area contributed by atoms with Crippen LogP contribution in [0.3, 0.4) is 0 Å². The van der Waals surface area contributed by atoms with Crippen LogP contribution < -0.4 is 0 Å². The Hall–Kier alpha value is -0.790. The summed E-state index contributed by atoms with van der Waals surface area (Å²) in [6, 6.07) is 0. The van der Waals surface area contributed by atoms with E-state index in [1.165, 1.54) is 6.39 Å². The summed E-state index contributed by atoms with van der Waals surface area (Å²) in [6.45, 7) is 4.10. The van der Waals surface area contributed by atoms with Crippen molar-refractivity contribution in [2.24, 2.45) is 0 Å². The van der Waals surface area contributed by atoms with Gasteiger partial charge in [-0.1, -0.05) is 13.8 Å². The lowest BCUT2D eigenvalue weighted by molar-refractivity contribution is 0.546. The molecule has 0 atom stereocenters. The van der Waals surface area contributed by atoms with Crippen molar-refractivity contribution >= 4 is 0 Å². The van der Waals surface area contributed by atoms with Gasteiger partial charge < -0.3 is 4.42 Å². The van der Waals surface area contributed by atoms with Crippen LogP contribution in [0.1, 0.15) is 25.5 Å². The Labute approximate surface area is 48.5 Å². The van der Waals surface area contributed by atoms with Crippen molar-refractivity contribution in [2.45, 2.75) is 19.8 Å². The highest BCUT2D eigenvalue weighted by atomic mass is 16.3. The van der Waals surface area contributed by atoms with Crippen molar-refractivity contribution in [3.8, 4) is 0 Å². The van der Waals surface area contributed by atoms with E-state index in [0.29, 0.717) is 5.92 Å². The maximum Gasteiger partial charge on any atom is 0.195 e. The Kier molecular flexibility index (Phi) is 1.33. The fraction of sp³-hybridized carbons (Fsp3) is 0.500. The molecule has 2 heteroatoms. The van der Waals surface area contributed by atoms with Gasteiger partial charge in [-0.3, -0.25) is 0 Å². The Bertz CT molecular complexity index is 144. The molecule has 1 radical (unpaired) electrons. The number of aromatic nitrogens is 1. The second kappa shape index (κ2) is 1.99. The van der Waals surface area contributed by atoms with E-state index >= 15 is 0 Å². The molecule has 0 spiro atoms. The fourth-order valence-electron chi connectivity index (χ4n) is 0.463. The highest BCUT2D eigenvalue weighted by molar-refractivity contribution is 4.94. The van der Waals surface area contributed by atoms with Gasteiger partial charge in [0.15, 0.2) is 12.7 Å². The molecule has 0 saturated heterocycles. The predicted molar refractivity (Wildman–Crippen MR) is 29.4 cm³/mol. The summed E-state index contributed by atoms with van der Waals surface area (Å²) in [5.41, 5.74) is 0.894. The van der Waals surface area contributed by atoms with Gasteiger partial charge in [0, 0.05) is 0 Å². The van der Waals surface area contributed by atoms with Crippen molar-refractivity contribution in [1.82, 2.24) is 4.98 Å². The highest BCUT2D eigenvalue weighted by Crippen LogP contribution is 2.08. The fourth-order valence-corrected chi connectivity index (χ4v) is 0.463. The molecule has 43 valence electrons. The van der Waals surface area contributed by atoms with Crippen LogP contribution in [0.2, 0.25) is 0 Å². The van der Waals surface area contributed by atoms with E-state index in [1.807, 2.05) is 13.8 Å². The molecule has 0 N–H and O–H groups in total. The molecule has 0 aliphatic carbocycles. The first-order chi connectivity index (χ1) is 3.80. The predicted octanol–water partition coefficient (Wildman–Crippen LogP) is 1.60. The molecule has 0 aliphatic heterocycles. The SMILES string of the molecule is CC(C)c1[c]ocn1. The van der Waals surface area contributed by atoms with Crippen LogP contribution in [0.25, 0.3) is 0 Å². The summed E-state index contributed by atoms with van der Waals surface area (Å²) in [6.07, 6.45) is 4.05. The van der Waals surface area contributed by atoms with Gasteiger partial charge in [0.1, 0.15) is 0 Å². The van der Waals surface area contributed by atoms with Crippen LogP contribution in [0, 0.1) is 6.26 Å². The van der Waals surface area contributed by atoms with E-state index in [4.69, 9.17) is 0 Å². The third-order valence-corrected chi connectivity index (χ3v) is 0.955. The van der Waals surface area contributed by atoms with Gasteiger partial charge in [0.05, 0.1) is 5.69 Å². The molecule has 0 amide bonds. The van der Waals surface area contributed by atoms with Gasteiger partial charge in [-0.05, 0) is 5.92 Å². The van der Waals surface area contributed by atoms with Crippen molar-refractivity contribution in [1.29, 1.82) is 0 Å². The lowest BCUT2D eigenvalue weighted by atomic mass is 10.2. The molecule has 2 nitrogen and oxygen atoms in total. The van der Waals surface area contributed by atoms with Gasteiger partial charge in [-0.15, -0.1) is 0 Å². The maximum absolute atomic E-state index is 4.64. The minimum absolute atomic E-state index is 0.425. The quantitative estimate of drug-likeness (QED) is 0.548. The Balaban J connectivity index is 2.77. The molecule has 0 unspecified atom stereocenters. The zero-order valence-corrected chi connectivity index (χ0v) is 5.01. The lowest BCUT2D eigenvalue weighted by Gasteiger charge is -1.92. The zero-order chi connectivity index (χ0) is 5.98. The van der Waals surface area contributed by atoms with E-state index in [-0.39, 0.29) is 0 Å². The standard InChI is InChI=1S/C6H8NO/c1-5(2)6-3-8-4-7-6/h4-5H,1-2H3. The van der Waals surface area contributed by atoms with Crippen LogP contribution in [0.4, 0.5) is 0 Å². The molecule has 0 fully saturated rings. The van der Waals surface area contributed by atoms with Gasteiger partial charge in [0.2, 0.25) is 0 Å². The molecule has 1 heterocycles. The monoisotopic (exact) mass is 110 g/mol. The zero-order valence-electron chi connectivity index (χ0n) is 5.01. The number of hydrogen-bond donors (Lipinski definition) is 0. The van der Waals surface area contributed by atoms with E-state index < -0.39 is 0 Å². The third-order valence-electron chi connectivity index (χ3n) is 0.955. The molecule has 1 aromatic heterocycles. The smallest absolute Gasteiger partial charge is 0.195 e. The van der Waals surface area contributed by atoms with Crippen LogP contribution in [0.15, 0.2) is 10.8 Å². The lowest BCUT2D eigenvalue weighted by Crippen LogP contribution is -1.84. The first kappa shape index (κ1) is 5.35. The van der Waals surface area contributed by atoms with Crippen molar-refractivity contribution in [3.63, 3.8) is 0 Å². The van der Waals surface area contributed by atoms with E-state index in [1.54, 1.807) is 0 Å². The van der Waals surface area contributed by atoms with Crippen LogP contribution in [0.5, 0.6) is 0 Å². The largest absolute Gasteiger partial charge is 0.440 e. The molecule has 0 bridgehead atoms. The first-order valence-electron chi connectivity index (χ1n) is 2.62.